The molecule has 0 saturated carbocycles. The van der Waals surface area contributed by atoms with Crippen molar-refractivity contribution >= 4 is 58.9 Å². The quantitative estimate of drug-likeness (QED) is 0.392. The van der Waals surface area contributed by atoms with Gasteiger partial charge in [0.25, 0.3) is 0 Å². The van der Waals surface area contributed by atoms with Gasteiger partial charge in [0.15, 0.2) is 11.6 Å². The Morgan fingerprint density at radius 3 is 1.43 bits per heavy atom. The van der Waals surface area contributed by atoms with Crippen LogP contribution in [0.3, 0.4) is 0 Å². The number of nitrogens with zero attached hydrogens (tertiary/aromatic N) is 2. The summed E-state index contributed by atoms with van der Waals surface area (Å²) in [7, 11) is 0. The lowest BCUT2D eigenvalue weighted by atomic mass is 10.2. The van der Waals surface area contributed by atoms with Crippen molar-refractivity contribution in [1.29, 1.82) is 0 Å². The Balaban J connectivity index is 0.00000160. The van der Waals surface area contributed by atoms with Crippen molar-refractivity contribution < 1.29 is 0 Å². The molecule has 0 atom stereocenters. The maximum Gasteiger partial charge on any atom is 0.174 e. The zero-order chi connectivity index (χ0) is 19.3. The first-order valence-corrected chi connectivity index (χ1v) is 8.69. The molecule has 0 fully saturated rings. The Hall–Kier alpha value is -3.70. The topological polar surface area (TPSA) is 49.8 Å². The molecular formula is C24H18Cl2N4. The van der Waals surface area contributed by atoms with E-state index in [1.54, 1.807) is 0 Å². The molecular weight excluding hydrogens is 415 g/mol. The summed E-state index contributed by atoms with van der Waals surface area (Å²) in [6, 6.07) is 22.9. The normalized spacial score (nSPS) is 9.40. The van der Waals surface area contributed by atoms with E-state index < -0.39 is 0 Å². The third-order valence-corrected chi connectivity index (χ3v) is 4.15. The lowest BCUT2D eigenvalue weighted by molar-refractivity contribution is 1.27. The van der Waals surface area contributed by atoms with Crippen LogP contribution >= 0.6 is 24.8 Å². The van der Waals surface area contributed by atoms with E-state index in [-0.39, 0.29) is 24.8 Å². The number of hydrogen-bond acceptors (Lipinski definition) is 4. The Labute approximate surface area is 188 Å². The van der Waals surface area contributed by atoms with Crippen LogP contribution < -0.4 is 10.6 Å². The fourth-order valence-electron chi connectivity index (χ4n) is 2.82. The molecule has 0 unspecified atom stereocenters. The van der Waals surface area contributed by atoms with Gasteiger partial charge in [-0.15, -0.1) is 37.7 Å². The standard InChI is InChI=1S/C24H16N4.2ClH/c1-3-17-9-7-11-19(15-17)25-23-24(26-20-12-8-10-18(4-2)16-20)28-22-14-6-5-13-21(22)27-23;;/h1-2,5-16H,(H,25,27)(H,26,28);2*1H. The maximum atomic E-state index is 5.51. The largest absolute Gasteiger partial charge is 0.337 e. The molecule has 4 aromatic rings. The number of anilines is 4. The molecule has 3 aromatic carbocycles. The number of aromatic nitrogens is 2. The molecule has 0 bridgehead atoms. The number of halogens is 2. The van der Waals surface area contributed by atoms with Gasteiger partial charge in [0.05, 0.1) is 11.0 Å². The van der Waals surface area contributed by atoms with E-state index in [0.29, 0.717) is 11.6 Å². The number of benzene rings is 3. The molecule has 148 valence electrons. The summed E-state index contributed by atoms with van der Waals surface area (Å²) in [4.78, 5) is 9.47. The highest BCUT2D eigenvalue weighted by Gasteiger charge is 2.10. The molecule has 1 aromatic heterocycles. The molecule has 4 rings (SSSR count). The van der Waals surface area contributed by atoms with Crippen molar-refractivity contribution in [3.63, 3.8) is 0 Å². The number of nitrogens with one attached hydrogen (secondary N) is 2. The van der Waals surface area contributed by atoms with E-state index in [2.05, 4.69) is 22.5 Å². The van der Waals surface area contributed by atoms with E-state index in [9.17, 15) is 0 Å². The highest BCUT2D eigenvalue weighted by Crippen LogP contribution is 2.28. The van der Waals surface area contributed by atoms with Gasteiger partial charge < -0.3 is 10.6 Å². The molecule has 0 aliphatic heterocycles. The minimum atomic E-state index is 0. The van der Waals surface area contributed by atoms with Crippen molar-refractivity contribution in [2.45, 2.75) is 0 Å². The van der Waals surface area contributed by atoms with Gasteiger partial charge in [-0.05, 0) is 48.5 Å². The number of fused-ring (bicyclic) bond motifs is 1. The first-order valence-electron chi connectivity index (χ1n) is 8.69. The molecule has 30 heavy (non-hydrogen) atoms. The Morgan fingerprint density at radius 1 is 0.600 bits per heavy atom. The smallest absolute Gasteiger partial charge is 0.174 e. The Kier molecular flexibility index (Phi) is 7.67. The zero-order valence-corrected chi connectivity index (χ0v) is 17.4. The Bertz CT molecular complexity index is 1160. The van der Waals surface area contributed by atoms with Gasteiger partial charge >= 0.3 is 0 Å². The summed E-state index contributed by atoms with van der Waals surface area (Å²) in [5.41, 5.74) is 4.83. The molecule has 2 N–H and O–H groups in total. The number of rotatable bonds is 4. The van der Waals surface area contributed by atoms with Crippen LogP contribution in [0, 0.1) is 24.7 Å². The summed E-state index contributed by atoms with van der Waals surface area (Å²) in [6.07, 6.45) is 11.0. The van der Waals surface area contributed by atoms with Gasteiger partial charge in [-0.1, -0.05) is 36.1 Å². The third-order valence-electron chi connectivity index (χ3n) is 4.15. The average molecular weight is 433 g/mol. The molecule has 0 radical (unpaired) electrons. The minimum absolute atomic E-state index is 0. The molecule has 0 aliphatic rings. The lowest BCUT2D eigenvalue weighted by Crippen LogP contribution is -2.03. The summed E-state index contributed by atoms with van der Waals surface area (Å²) < 4.78 is 0. The van der Waals surface area contributed by atoms with Crippen LogP contribution in [0.2, 0.25) is 0 Å². The highest BCUT2D eigenvalue weighted by molar-refractivity contribution is 5.86. The molecule has 0 saturated heterocycles. The van der Waals surface area contributed by atoms with Crippen LogP contribution in [0.25, 0.3) is 11.0 Å². The maximum absolute atomic E-state index is 5.51. The van der Waals surface area contributed by atoms with E-state index in [0.717, 1.165) is 33.5 Å². The van der Waals surface area contributed by atoms with Crippen LogP contribution in [0.4, 0.5) is 23.0 Å². The van der Waals surface area contributed by atoms with Crippen molar-refractivity contribution in [1.82, 2.24) is 9.97 Å². The van der Waals surface area contributed by atoms with Crippen molar-refractivity contribution in [2.75, 3.05) is 10.6 Å². The SMILES string of the molecule is C#Cc1cccc(Nc2nc3ccccc3nc2Nc2cccc(C#C)c2)c1.Cl.Cl. The van der Waals surface area contributed by atoms with Gasteiger partial charge in [-0.3, -0.25) is 0 Å². The van der Waals surface area contributed by atoms with Crippen LogP contribution in [-0.2, 0) is 0 Å². The van der Waals surface area contributed by atoms with Gasteiger partial charge in [-0.2, -0.15) is 0 Å². The average Bonchev–Trinajstić information content (AvgIpc) is 2.74. The zero-order valence-electron chi connectivity index (χ0n) is 15.8. The first kappa shape index (κ1) is 22.6. The van der Waals surface area contributed by atoms with Gasteiger partial charge in [0.1, 0.15) is 0 Å². The molecule has 4 nitrogen and oxygen atoms in total. The molecule has 6 heteroatoms. The van der Waals surface area contributed by atoms with E-state index in [1.165, 1.54) is 0 Å². The van der Waals surface area contributed by atoms with Crippen molar-refractivity contribution in [3.05, 3.63) is 83.9 Å². The summed E-state index contributed by atoms with van der Waals surface area (Å²) in [5, 5.41) is 6.63. The van der Waals surface area contributed by atoms with E-state index >= 15 is 0 Å². The van der Waals surface area contributed by atoms with Crippen LogP contribution in [0.5, 0.6) is 0 Å². The number of terminal acetylenes is 2. The highest BCUT2D eigenvalue weighted by atomic mass is 35.5. The number of para-hydroxylation sites is 2. The fraction of sp³-hybridized carbons (Fsp3) is 0. The summed E-state index contributed by atoms with van der Waals surface area (Å²) >= 11 is 0. The third kappa shape index (κ3) is 5.01. The predicted octanol–water partition coefficient (Wildman–Crippen LogP) is 5.92. The van der Waals surface area contributed by atoms with Gasteiger partial charge in [0.2, 0.25) is 0 Å². The van der Waals surface area contributed by atoms with E-state index in [4.69, 9.17) is 22.8 Å². The minimum Gasteiger partial charge on any atom is -0.337 e. The predicted molar refractivity (Wildman–Crippen MR) is 129 cm³/mol. The number of hydrogen-bond donors (Lipinski definition) is 2. The molecule has 0 spiro atoms. The van der Waals surface area contributed by atoms with Crippen LogP contribution in [0.15, 0.2) is 72.8 Å². The lowest BCUT2D eigenvalue weighted by Gasteiger charge is -2.14. The molecule has 0 amide bonds. The molecule has 1 heterocycles. The van der Waals surface area contributed by atoms with Crippen LogP contribution in [0.1, 0.15) is 11.1 Å². The van der Waals surface area contributed by atoms with E-state index in [1.807, 2.05) is 72.8 Å². The van der Waals surface area contributed by atoms with Crippen molar-refractivity contribution in [3.8, 4) is 24.7 Å². The molecule has 0 aliphatic carbocycles. The fourth-order valence-corrected chi connectivity index (χ4v) is 2.82. The van der Waals surface area contributed by atoms with Crippen LogP contribution in [-0.4, -0.2) is 9.97 Å². The second kappa shape index (κ2) is 10.2. The second-order valence-electron chi connectivity index (χ2n) is 6.11. The first-order chi connectivity index (χ1) is 13.7. The van der Waals surface area contributed by atoms with Gasteiger partial charge in [0, 0.05) is 22.5 Å². The Morgan fingerprint density at radius 2 is 1.03 bits per heavy atom. The van der Waals surface area contributed by atoms with Gasteiger partial charge in [-0.25, -0.2) is 9.97 Å². The second-order valence-corrected chi connectivity index (χ2v) is 6.11. The van der Waals surface area contributed by atoms with Crippen molar-refractivity contribution in [2.24, 2.45) is 0 Å². The summed E-state index contributed by atoms with van der Waals surface area (Å²) in [6.45, 7) is 0. The monoisotopic (exact) mass is 432 g/mol. The summed E-state index contributed by atoms with van der Waals surface area (Å²) in [5.74, 6) is 6.47.